The second-order valence-corrected chi connectivity index (χ2v) is 7.70. The average Bonchev–Trinajstić information content (AvgIpc) is 2.86. The summed E-state index contributed by atoms with van der Waals surface area (Å²) in [5, 5.41) is 5.89. The molecule has 0 unspecified atom stereocenters. The zero-order chi connectivity index (χ0) is 22.6. The van der Waals surface area contributed by atoms with Crippen LogP contribution in [0.5, 0.6) is 11.5 Å². The lowest BCUT2D eigenvalue weighted by Crippen LogP contribution is -2.31. The third-order valence-electron chi connectivity index (χ3n) is 5.49. The Kier molecular flexibility index (Phi) is 5.55. The van der Waals surface area contributed by atoms with E-state index >= 15 is 0 Å². The Hall–Kier alpha value is -4.45. The highest BCUT2D eigenvalue weighted by atomic mass is 16.5. The molecule has 3 aromatic carbocycles. The van der Waals surface area contributed by atoms with Gasteiger partial charge in [0.25, 0.3) is 5.91 Å². The first kappa shape index (κ1) is 20.5. The number of carbonyl (C=O) groups excluding carboxylic acids is 2. The second-order valence-electron chi connectivity index (χ2n) is 7.70. The highest BCUT2D eigenvalue weighted by Crippen LogP contribution is 2.43. The number of hydrogen-bond acceptors (Lipinski definition) is 4. The van der Waals surface area contributed by atoms with Crippen LogP contribution in [0.2, 0.25) is 0 Å². The Morgan fingerprint density at radius 1 is 0.818 bits per heavy atom. The summed E-state index contributed by atoms with van der Waals surface area (Å²) in [6, 6.07) is 27.8. The van der Waals surface area contributed by atoms with E-state index in [1.165, 1.54) is 0 Å². The molecule has 0 saturated heterocycles. The summed E-state index contributed by atoms with van der Waals surface area (Å²) in [4.78, 5) is 29.7. The number of hydrogen-bond donors (Lipinski definition) is 2. The lowest BCUT2D eigenvalue weighted by molar-refractivity contribution is -0.122. The van der Waals surface area contributed by atoms with E-state index in [1.807, 2.05) is 66.7 Å². The number of anilines is 1. The van der Waals surface area contributed by atoms with Gasteiger partial charge in [0.05, 0.1) is 5.92 Å². The van der Waals surface area contributed by atoms with Crippen molar-refractivity contribution < 1.29 is 14.3 Å². The van der Waals surface area contributed by atoms with E-state index in [2.05, 4.69) is 15.6 Å². The fourth-order valence-electron chi connectivity index (χ4n) is 3.93. The van der Waals surface area contributed by atoms with Crippen LogP contribution in [0.1, 0.15) is 33.1 Å². The van der Waals surface area contributed by atoms with E-state index < -0.39 is 5.92 Å². The molecule has 4 aromatic rings. The minimum atomic E-state index is -0.460. The Bertz CT molecular complexity index is 1280. The van der Waals surface area contributed by atoms with Crippen molar-refractivity contribution in [3.8, 4) is 11.5 Å². The number of carbonyl (C=O) groups is 2. The van der Waals surface area contributed by atoms with Gasteiger partial charge in [0.2, 0.25) is 5.91 Å². The first-order chi connectivity index (χ1) is 16.2. The molecule has 1 aliphatic rings. The summed E-state index contributed by atoms with van der Waals surface area (Å²) in [5.41, 5.74) is 3.53. The summed E-state index contributed by atoms with van der Waals surface area (Å²) < 4.78 is 5.98. The molecule has 6 nitrogen and oxygen atoms in total. The van der Waals surface area contributed by atoms with E-state index in [9.17, 15) is 9.59 Å². The largest absolute Gasteiger partial charge is 0.457 e. The van der Waals surface area contributed by atoms with Gasteiger partial charge in [-0.05, 0) is 42.0 Å². The van der Waals surface area contributed by atoms with Gasteiger partial charge in [-0.3, -0.25) is 14.6 Å². The Labute approximate surface area is 191 Å². The first-order valence-corrected chi connectivity index (χ1v) is 10.6. The number of nitrogens with one attached hydrogen (secondary N) is 2. The zero-order valence-corrected chi connectivity index (χ0v) is 17.7. The molecule has 162 valence electrons. The van der Waals surface area contributed by atoms with Crippen LogP contribution < -0.4 is 15.4 Å². The van der Waals surface area contributed by atoms with Crippen molar-refractivity contribution in [1.29, 1.82) is 0 Å². The molecule has 5 rings (SSSR count). The van der Waals surface area contributed by atoms with E-state index in [0.717, 1.165) is 16.7 Å². The normalized spacial score (nSPS) is 12.1. The molecule has 0 saturated carbocycles. The Morgan fingerprint density at radius 3 is 2.21 bits per heavy atom. The smallest absolute Gasteiger partial charge is 0.274 e. The predicted octanol–water partition coefficient (Wildman–Crippen LogP) is 4.89. The summed E-state index contributed by atoms with van der Waals surface area (Å²) in [6.07, 6.45) is 1.58. The molecule has 33 heavy (non-hydrogen) atoms. The molecule has 0 atom stereocenters. The van der Waals surface area contributed by atoms with Crippen molar-refractivity contribution in [2.45, 2.75) is 12.5 Å². The van der Waals surface area contributed by atoms with Crippen LogP contribution in [0.4, 0.5) is 5.69 Å². The number of ether oxygens (including phenoxy) is 1. The third-order valence-corrected chi connectivity index (χ3v) is 5.49. The number of amides is 2. The van der Waals surface area contributed by atoms with Crippen LogP contribution in [0, 0.1) is 0 Å². The van der Waals surface area contributed by atoms with Crippen molar-refractivity contribution in [2.75, 3.05) is 5.32 Å². The van der Waals surface area contributed by atoms with Gasteiger partial charge in [-0.25, -0.2) is 0 Å². The number of benzene rings is 3. The maximum Gasteiger partial charge on any atom is 0.274 e. The number of fused-ring (bicyclic) bond motifs is 2. The van der Waals surface area contributed by atoms with Crippen molar-refractivity contribution in [2.24, 2.45) is 0 Å². The summed E-state index contributed by atoms with van der Waals surface area (Å²) >= 11 is 0. The van der Waals surface area contributed by atoms with Crippen LogP contribution in [0.15, 0.2) is 97.2 Å². The molecular weight excluding hydrogens is 414 g/mol. The minimum absolute atomic E-state index is 0.110. The average molecular weight is 435 g/mol. The molecule has 1 aromatic heterocycles. The standard InChI is InChI=1S/C27H21N3O3/c31-26(22-12-5-6-15-28-22)30-19-9-7-8-18(16-19)17-29-27(32)25-20-10-1-3-13-23(20)33-24-14-4-2-11-21(24)25/h1-16,25H,17H2,(H,29,32)(H,30,31). The highest BCUT2D eigenvalue weighted by Gasteiger charge is 2.32. The number of nitrogens with zero attached hydrogens (tertiary/aromatic N) is 1. The molecule has 1 aliphatic heterocycles. The highest BCUT2D eigenvalue weighted by molar-refractivity contribution is 6.02. The first-order valence-electron chi connectivity index (χ1n) is 10.6. The van der Waals surface area contributed by atoms with Crippen LogP contribution in [-0.4, -0.2) is 16.8 Å². The number of pyridine rings is 1. The van der Waals surface area contributed by atoms with Crippen LogP contribution >= 0.6 is 0 Å². The predicted molar refractivity (Wildman–Crippen MR) is 125 cm³/mol. The van der Waals surface area contributed by atoms with Gasteiger partial charge in [0.1, 0.15) is 17.2 Å². The summed E-state index contributed by atoms with van der Waals surface area (Å²) in [6.45, 7) is 0.327. The zero-order valence-electron chi connectivity index (χ0n) is 17.7. The van der Waals surface area contributed by atoms with Crippen molar-refractivity contribution in [1.82, 2.24) is 10.3 Å². The van der Waals surface area contributed by atoms with Gasteiger partial charge in [0, 0.05) is 29.6 Å². The maximum absolute atomic E-state index is 13.3. The maximum atomic E-state index is 13.3. The molecule has 0 bridgehead atoms. The fourth-order valence-corrected chi connectivity index (χ4v) is 3.93. The number of rotatable bonds is 5. The van der Waals surface area contributed by atoms with Gasteiger partial charge in [-0.1, -0.05) is 54.6 Å². The topological polar surface area (TPSA) is 80.3 Å². The Morgan fingerprint density at radius 2 is 1.52 bits per heavy atom. The van der Waals surface area contributed by atoms with E-state index in [1.54, 1.807) is 30.5 Å². The van der Waals surface area contributed by atoms with Crippen molar-refractivity contribution >= 4 is 17.5 Å². The molecule has 0 radical (unpaired) electrons. The molecular formula is C27H21N3O3. The molecule has 0 spiro atoms. The molecule has 0 fully saturated rings. The minimum Gasteiger partial charge on any atom is -0.457 e. The lowest BCUT2D eigenvalue weighted by Gasteiger charge is -2.27. The molecule has 2 amide bonds. The summed E-state index contributed by atoms with van der Waals surface area (Å²) in [7, 11) is 0. The number of para-hydroxylation sites is 2. The second kappa shape index (κ2) is 8.96. The third kappa shape index (κ3) is 4.32. The molecule has 0 aliphatic carbocycles. The quantitative estimate of drug-likeness (QED) is 0.468. The van der Waals surface area contributed by atoms with E-state index in [0.29, 0.717) is 29.4 Å². The van der Waals surface area contributed by atoms with E-state index in [-0.39, 0.29) is 11.8 Å². The molecule has 6 heteroatoms. The summed E-state index contributed by atoms with van der Waals surface area (Å²) in [5.74, 6) is 0.526. The van der Waals surface area contributed by atoms with Gasteiger partial charge in [-0.15, -0.1) is 0 Å². The van der Waals surface area contributed by atoms with E-state index in [4.69, 9.17) is 4.74 Å². The SMILES string of the molecule is O=C(Nc1cccc(CNC(=O)C2c3ccccc3Oc3ccccc32)c1)c1ccccn1. The Balaban J connectivity index is 1.31. The van der Waals surface area contributed by atoms with Crippen LogP contribution in [-0.2, 0) is 11.3 Å². The lowest BCUT2D eigenvalue weighted by atomic mass is 9.87. The van der Waals surface area contributed by atoms with Gasteiger partial charge in [0.15, 0.2) is 0 Å². The van der Waals surface area contributed by atoms with Crippen LogP contribution in [0.25, 0.3) is 0 Å². The molecule has 2 N–H and O–H groups in total. The van der Waals surface area contributed by atoms with Crippen LogP contribution in [0.3, 0.4) is 0 Å². The fraction of sp³-hybridized carbons (Fsp3) is 0.0741. The van der Waals surface area contributed by atoms with Gasteiger partial charge in [-0.2, -0.15) is 0 Å². The molecule has 2 heterocycles. The van der Waals surface area contributed by atoms with Gasteiger partial charge >= 0.3 is 0 Å². The van der Waals surface area contributed by atoms with Crippen molar-refractivity contribution in [3.63, 3.8) is 0 Å². The number of aromatic nitrogens is 1. The van der Waals surface area contributed by atoms with Crippen molar-refractivity contribution in [3.05, 3.63) is 120 Å². The monoisotopic (exact) mass is 435 g/mol. The van der Waals surface area contributed by atoms with Gasteiger partial charge < -0.3 is 15.4 Å².